The summed E-state index contributed by atoms with van der Waals surface area (Å²) in [6, 6.07) is 0. The number of unbranched alkanes of at least 4 members (excludes halogenated alkanes) is 3. The standard InChI is InChI=1S/C22H39NO6S/c1-4-5-8-11-17(24)14-15-19-18(20(25)16-21(19)26)12-9-6-7-10-13-22(27)23(2)30(3,28)29/h6,9,14-15,17-21,24-26H,4-5,7-8,10-13,16H2,1-3H3/t17?,18-,19-,20+,21-/m1/s1. The molecule has 0 bridgehead atoms. The molecule has 1 aliphatic carbocycles. The highest BCUT2D eigenvalue weighted by Crippen LogP contribution is 2.36. The molecule has 0 radical (unpaired) electrons. The number of carbonyl (C=O) groups excluding carboxylic acids is 1. The van der Waals surface area contributed by atoms with E-state index in [1.165, 1.54) is 7.05 Å². The SMILES string of the molecule is CCCCCC(O)C=C[C@@H]1[C@@H](CC=CCCCC(=O)N(C)S(C)(=O)=O)[C@@H](O)C[C@H]1O. The van der Waals surface area contributed by atoms with E-state index in [4.69, 9.17) is 0 Å². The zero-order valence-corrected chi connectivity index (χ0v) is 19.3. The van der Waals surface area contributed by atoms with Crippen molar-refractivity contribution in [3.63, 3.8) is 0 Å². The topological polar surface area (TPSA) is 115 Å². The molecule has 0 aromatic heterocycles. The second-order valence-corrected chi connectivity index (χ2v) is 10.3. The number of sulfonamides is 1. The quantitative estimate of drug-likeness (QED) is 0.296. The molecule has 30 heavy (non-hydrogen) atoms. The van der Waals surface area contributed by atoms with E-state index in [9.17, 15) is 28.5 Å². The van der Waals surface area contributed by atoms with Crippen LogP contribution in [0.1, 0.15) is 64.7 Å². The van der Waals surface area contributed by atoms with Gasteiger partial charge in [-0.05, 0) is 31.6 Å². The summed E-state index contributed by atoms with van der Waals surface area (Å²) >= 11 is 0. The average molecular weight is 446 g/mol. The summed E-state index contributed by atoms with van der Waals surface area (Å²) < 4.78 is 23.4. The number of aliphatic hydroxyl groups excluding tert-OH is 3. The molecule has 0 aliphatic heterocycles. The van der Waals surface area contributed by atoms with Crippen LogP contribution in [-0.2, 0) is 14.8 Å². The Morgan fingerprint density at radius 3 is 2.50 bits per heavy atom. The molecule has 0 aromatic rings. The van der Waals surface area contributed by atoms with Crippen molar-refractivity contribution in [2.75, 3.05) is 13.3 Å². The van der Waals surface area contributed by atoms with E-state index < -0.39 is 34.2 Å². The molecule has 1 fully saturated rings. The highest BCUT2D eigenvalue weighted by molar-refractivity contribution is 7.88. The zero-order valence-electron chi connectivity index (χ0n) is 18.5. The number of aliphatic hydroxyl groups is 3. The Labute approximate surface area is 181 Å². The number of hydrogen-bond acceptors (Lipinski definition) is 6. The van der Waals surface area contributed by atoms with Gasteiger partial charge in [0.05, 0.1) is 24.6 Å². The van der Waals surface area contributed by atoms with Gasteiger partial charge in [-0.2, -0.15) is 0 Å². The van der Waals surface area contributed by atoms with Gasteiger partial charge < -0.3 is 15.3 Å². The van der Waals surface area contributed by atoms with Crippen molar-refractivity contribution in [1.82, 2.24) is 4.31 Å². The molecule has 0 heterocycles. The molecule has 1 rings (SSSR count). The molecule has 8 heteroatoms. The Balaban J connectivity index is 2.46. The summed E-state index contributed by atoms with van der Waals surface area (Å²) in [6.45, 7) is 2.11. The molecule has 174 valence electrons. The van der Waals surface area contributed by atoms with Gasteiger partial charge in [0, 0.05) is 25.8 Å². The van der Waals surface area contributed by atoms with Crippen molar-refractivity contribution >= 4 is 15.9 Å². The molecule has 1 aliphatic rings. The lowest BCUT2D eigenvalue weighted by Gasteiger charge is -2.19. The van der Waals surface area contributed by atoms with E-state index in [1.54, 1.807) is 6.08 Å². The van der Waals surface area contributed by atoms with Gasteiger partial charge in [-0.1, -0.05) is 50.5 Å². The monoisotopic (exact) mass is 445 g/mol. The average Bonchev–Trinajstić information content (AvgIpc) is 2.94. The normalized spacial score (nSPS) is 25.9. The molecule has 1 unspecified atom stereocenters. The third kappa shape index (κ3) is 9.29. The molecule has 0 aromatic carbocycles. The van der Waals surface area contributed by atoms with Crippen LogP contribution in [0.25, 0.3) is 0 Å². The first-order valence-electron chi connectivity index (χ1n) is 10.9. The summed E-state index contributed by atoms with van der Waals surface area (Å²) in [6.07, 6.45) is 12.8. The van der Waals surface area contributed by atoms with E-state index in [0.717, 1.165) is 29.8 Å². The molecule has 3 N–H and O–H groups in total. The summed E-state index contributed by atoms with van der Waals surface area (Å²) in [4.78, 5) is 11.8. The largest absolute Gasteiger partial charge is 0.393 e. The van der Waals surface area contributed by atoms with E-state index in [2.05, 4.69) is 6.92 Å². The lowest BCUT2D eigenvalue weighted by atomic mass is 9.89. The predicted molar refractivity (Wildman–Crippen MR) is 118 cm³/mol. The molecule has 7 nitrogen and oxygen atoms in total. The third-order valence-corrected chi connectivity index (χ3v) is 6.96. The Morgan fingerprint density at radius 2 is 1.87 bits per heavy atom. The van der Waals surface area contributed by atoms with Crippen LogP contribution in [0.2, 0.25) is 0 Å². The predicted octanol–water partition coefficient (Wildman–Crippen LogP) is 2.38. The highest BCUT2D eigenvalue weighted by atomic mass is 32.2. The Kier molecular flexibility index (Phi) is 11.8. The van der Waals surface area contributed by atoms with Crippen LogP contribution in [0.15, 0.2) is 24.3 Å². The maximum Gasteiger partial charge on any atom is 0.235 e. The van der Waals surface area contributed by atoms with Crippen molar-refractivity contribution in [2.24, 2.45) is 11.8 Å². The van der Waals surface area contributed by atoms with E-state index in [-0.39, 0.29) is 18.3 Å². The number of nitrogens with zero attached hydrogens (tertiary/aromatic N) is 1. The first-order valence-corrected chi connectivity index (χ1v) is 12.8. The minimum atomic E-state index is -3.51. The lowest BCUT2D eigenvalue weighted by Crippen LogP contribution is -2.31. The van der Waals surface area contributed by atoms with Gasteiger partial charge in [0.25, 0.3) is 0 Å². The molecule has 0 spiro atoms. The van der Waals surface area contributed by atoms with Crippen molar-refractivity contribution in [2.45, 2.75) is 83.0 Å². The van der Waals surface area contributed by atoms with Crippen LogP contribution in [0, 0.1) is 11.8 Å². The minimum Gasteiger partial charge on any atom is -0.393 e. The Hall–Kier alpha value is -1.22. The smallest absolute Gasteiger partial charge is 0.235 e. The van der Waals surface area contributed by atoms with Crippen molar-refractivity contribution in [1.29, 1.82) is 0 Å². The van der Waals surface area contributed by atoms with Gasteiger partial charge in [0.15, 0.2) is 0 Å². The molecule has 5 atom stereocenters. The van der Waals surface area contributed by atoms with Crippen molar-refractivity contribution < 1.29 is 28.5 Å². The summed E-state index contributed by atoms with van der Waals surface area (Å²) in [7, 11) is -2.25. The second kappa shape index (κ2) is 13.2. The summed E-state index contributed by atoms with van der Waals surface area (Å²) in [5, 5.41) is 30.6. The van der Waals surface area contributed by atoms with Gasteiger partial charge in [0.1, 0.15) is 0 Å². The highest BCUT2D eigenvalue weighted by Gasteiger charge is 2.39. The van der Waals surface area contributed by atoms with Gasteiger partial charge >= 0.3 is 0 Å². The first-order chi connectivity index (χ1) is 14.1. The number of allylic oxidation sites excluding steroid dienone is 2. The number of amides is 1. The van der Waals surface area contributed by atoms with Gasteiger partial charge in [-0.15, -0.1) is 0 Å². The molecular weight excluding hydrogens is 406 g/mol. The summed E-state index contributed by atoms with van der Waals surface area (Å²) in [5.41, 5.74) is 0. The second-order valence-electron chi connectivity index (χ2n) is 8.28. The maximum atomic E-state index is 11.8. The molecule has 1 amide bonds. The molecular formula is C22H39NO6S. The number of carbonyl (C=O) groups is 1. The fourth-order valence-electron chi connectivity index (χ4n) is 3.75. The zero-order chi connectivity index (χ0) is 22.7. The van der Waals surface area contributed by atoms with E-state index in [1.807, 2.05) is 18.2 Å². The van der Waals surface area contributed by atoms with Crippen LogP contribution in [0.5, 0.6) is 0 Å². The van der Waals surface area contributed by atoms with Gasteiger partial charge in [0.2, 0.25) is 15.9 Å². The van der Waals surface area contributed by atoms with Crippen LogP contribution >= 0.6 is 0 Å². The fraction of sp³-hybridized carbons (Fsp3) is 0.773. The first kappa shape index (κ1) is 26.8. The van der Waals surface area contributed by atoms with Crippen molar-refractivity contribution in [3.8, 4) is 0 Å². The number of hydrogen-bond donors (Lipinski definition) is 3. The van der Waals surface area contributed by atoms with Crippen LogP contribution in [0.4, 0.5) is 0 Å². The van der Waals surface area contributed by atoms with Gasteiger partial charge in [-0.3, -0.25) is 4.79 Å². The van der Waals surface area contributed by atoms with Crippen LogP contribution in [0.3, 0.4) is 0 Å². The summed E-state index contributed by atoms with van der Waals surface area (Å²) in [5.74, 6) is -0.744. The Bertz CT molecular complexity index is 675. The minimum absolute atomic E-state index is 0.117. The fourth-order valence-corrected chi connectivity index (χ4v) is 4.21. The third-order valence-electron chi connectivity index (χ3n) is 5.76. The lowest BCUT2D eigenvalue weighted by molar-refractivity contribution is -0.125. The van der Waals surface area contributed by atoms with Crippen molar-refractivity contribution in [3.05, 3.63) is 24.3 Å². The van der Waals surface area contributed by atoms with Crippen LogP contribution in [-0.4, -0.2) is 65.6 Å². The van der Waals surface area contributed by atoms with E-state index >= 15 is 0 Å². The van der Waals surface area contributed by atoms with Gasteiger partial charge in [-0.25, -0.2) is 12.7 Å². The van der Waals surface area contributed by atoms with Crippen LogP contribution < -0.4 is 0 Å². The Morgan fingerprint density at radius 1 is 1.17 bits per heavy atom. The molecule has 0 saturated heterocycles. The van der Waals surface area contributed by atoms with E-state index in [0.29, 0.717) is 32.1 Å². The number of rotatable bonds is 13. The molecule has 1 saturated carbocycles. The maximum absolute atomic E-state index is 11.8.